The van der Waals surface area contributed by atoms with Crippen LogP contribution in [0, 0.1) is 0 Å². The first-order valence-electron chi connectivity index (χ1n) is 6.28. The standard InChI is InChI=1S/C16H12S4/c1-17-15-16(18-2)20-14-11-8-4-6-9-5-3-7-10(12(9)11)13(14)19-15/h3-8H,1-2H3. The summed E-state index contributed by atoms with van der Waals surface area (Å²) in [5.74, 6) is 0. The lowest BCUT2D eigenvalue weighted by Crippen LogP contribution is -1.87. The smallest absolute Gasteiger partial charge is 0.0652 e. The van der Waals surface area contributed by atoms with E-state index < -0.39 is 0 Å². The fourth-order valence-electron chi connectivity index (χ4n) is 2.69. The summed E-state index contributed by atoms with van der Waals surface area (Å²) in [5, 5.41) is 2.79. The first kappa shape index (κ1) is 13.3. The van der Waals surface area contributed by atoms with E-state index in [-0.39, 0.29) is 0 Å². The van der Waals surface area contributed by atoms with Crippen LogP contribution in [0.15, 0.2) is 44.9 Å². The molecule has 4 rings (SSSR count). The molecule has 1 aliphatic heterocycles. The fourth-order valence-corrected chi connectivity index (χ4v) is 7.44. The summed E-state index contributed by atoms with van der Waals surface area (Å²) in [6.45, 7) is 0. The Balaban J connectivity index is 1.94. The molecule has 20 heavy (non-hydrogen) atoms. The van der Waals surface area contributed by atoms with Crippen LogP contribution in [-0.2, 0) is 0 Å². The molecule has 0 saturated heterocycles. The quantitative estimate of drug-likeness (QED) is 0.631. The second-order valence-corrected chi connectivity index (χ2v) is 8.75. The van der Waals surface area contributed by atoms with E-state index in [9.17, 15) is 0 Å². The van der Waals surface area contributed by atoms with Crippen LogP contribution in [0.2, 0.25) is 0 Å². The average molecular weight is 333 g/mol. The summed E-state index contributed by atoms with van der Waals surface area (Å²) < 4.78 is 2.87. The molecule has 0 saturated carbocycles. The van der Waals surface area contributed by atoms with E-state index in [0.717, 1.165) is 0 Å². The van der Waals surface area contributed by atoms with Gasteiger partial charge in [0.2, 0.25) is 0 Å². The molecule has 4 heteroatoms. The van der Waals surface area contributed by atoms with Crippen molar-refractivity contribution in [1.29, 1.82) is 0 Å². The van der Waals surface area contributed by atoms with Crippen molar-refractivity contribution in [1.82, 2.24) is 0 Å². The number of benzene rings is 2. The van der Waals surface area contributed by atoms with Crippen LogP contribution in [0.25, 0.3) is 20.6 Å². The van der Waals surface area contributed by atoms with Gasteiger partial charge in [-0.2, -0.15) is 0 Å². The summed E-state index contributed by atoms with van der Waals surface area (Å²) in [4.78, 5) is 2.90. The molecule has 0 radical (unpaired) electrons. The van der Waals surface area contributed by atoms with Crippen molar-refractivity contribution in [3.8, 4) is 0 Å². The van der Waals surface area contributed by atoms with Gasteiger partial charge in [0.05, 0.1) is 8.47 Å². The van der Waals surface area contributed by atoms with E-state index in [4.69, 9.17) is 0 Å². The Labute approximate surface area is 135 Å². The Hall–Kier alpha value is -0.420. The Bertz CT molecular complexity index is 725. The highest BCUT2D eigenvalue weighted by Crippen LogP contribution is 2.62. The lowest BCUT2D eigenvalue weighted by Gasteiger charge is -2.19. The highest BCUT2D eigenvalue weighted by molar-refractivity contribution is 8.34. The molecule has 0 bridgehead atoms. The van der Waals surface area contributed by atoms with Gasteiger partial charge in [0.25, 0.3) is 0 Å². The van der Waals surface area contributed by atoms with Gasteiger partial charge in [-0.25, -0.2) is 0 Å². The minimum Gasteiger partial charge on any atom is -0.121 e. The monoisotopic (exact) mass is 332 g/mol. The van der Waals surface area contributed by atoms with Crippen molar-refractivity contribution in [3.63, 3.8) is 0 Å². The summed E-state index contributed by atoms with van der Waals surface area (Å²) in [6.07, 6.45) is 4.35. The van der Waals surface area contributed by atoms with Crippen molar-refractivity contribution in [2.75, 3.05) is 12.5 Å². The van der Waals surface area contributed by atoms with Gasteiger partial charge in [0.15, 0.2) is 0 Å². The molecule has 0 aromatic heterocycles. The Morgan fingerprint density at radius 1 is 0.750 bits per heavy atom. The number of thioether (sulfide) groups is 4. The highest BCUT2D eigenvalue weighted by atomic mass is 32.2. The molecule has 0 amide bonds. The molecule has 0 spiro atoms. The van der Waals surface area contributed by atoms with Crippen LogP contribution < -0.4 is 0 Å². The molecule has 0 unspecified atom stereocenters. The number of hydrogen-bond donors (Lipinski definition) is 0. The maximum atomic E-state index is 2.27. The largest absolute Gasteiger partial charge is 0.121 e. The zero-order valence-corrected chi connectivity index (χ0v) is 14.4. The van der Waals surface area contributed by atoms with E-state index in [2.05, 4.69) is 48.9 Å². The van der Waals surface area contributed by atoms with Crippen LogP contribution in [-0.4, -0.2) is 12.5 Å². The lowest BCUT2D eigenvalue weighted by molar-refractivity contribution is 1.72. The fraction of sp³-hybridized carbons (Fsp3) is 0.125. The Kier molecular flexibility index (Phi) is 3.38. The topological polar surface area (TPSA) is 0 Å². The minimum absolute atomic E-state index is 1.35. The minimum atomic E-state index is 1.35. The van der Waals surface area contributed by atoms with Crippen molar-refractivity contribution in [3.05, 3.63) is 56.0 Å². The summed E-state index contributed by atoms with van der Waals surface area (Å²) in [6, 6.07) is 13.3. The van der Waals surface area contributed by atoms with Crippen molar-refractivity contribution < 1.29 is 0 Å². The van der Waals surface area contributed by atoms with Crippen LogP contribution in [0.3, 0.4) is 0 Å². The third-order valence-corrected chi connectivity index (χ3v) is 8.86. The Morgan fingerprint density at radius 2 is 1.25 bits per heavy atom. The molecular formula is C16H12S4. The average Bonchev–Trinajstić information content (AvgIpc) is 2.82. The second kappa shape index (κ2) is 5.09. The molecule has 1 heterocycles. The van der Waals surface area contributed by atoms with Crippen LogP contribution >= 0.6 is 47.0 Å². The van der Waals surface area contributed by atoms with Crippen LogP contribution in [0.5, 0.6) is 0 Å². The van der Waals surface area contributed by atoms with E-state index in [1.807, 2.05) is 47.0 Å². The maximum Gasteiger partial charge on any atom is 0.0652 e. The molecule has 0 atom stereocenters. The van der Waals surface area contributed by atoms with Crippen LogP contribution in [0.1, 0.15) is 11.1 Å². The zero-order valence-electron chi connectivity index (χ0n) is 11.1. The van der Waals surface area contributed by atoms with Gasteiger partial charge in [0.1, 0.15) is 0 Å². The molecule has 2 aromatic rings. The molecule has 0 nitrogen and oxygen atoms in total. The zero-order chi connectivity index (χ0) is 13.7. The SMILES string of the molecule is CSC1=C(SC)SC2=C(S1)c1cccc3cccc2c13. The van der Waals surface area contributed by atoms with Gasteiger partial charge >= 0.3 is 0 Å². The molecule has 0 fully saturated rings. The van der Waals surface area contributed by atoms with Gasteiger partial charge in [-0.05, 0) is 34.4 Å². The molecule has 0 N–H and O–H groups in total. The highest BCUT2D eigenvalue weighted by Gasteiger charge is 2.30. The summed E-state index contributed by atoms with van der Waals surface area (Å²) in [7, 11) is 0. The van der Waals surface area contributed by atoms with Crippen molar-refractivity contribution in [2.45, 2.75) is 0 Å². The first-order valence-corrected chi connectivity index (χ1v) is 10.4. The second-order valence-electron chi connectivity index (χ2n) is 4.55. The Morgan fingerprint density at radius 3 is 1.70 bits per heavy atom. The number of hydrogen-bond acceptors (Lipinski definition) is 4. The van der Waals surface area contributed by atoms with Gasteiger partial charge < -0.3 is 0 Å². The summed E-state index contributed by atoms with van der Waals surface area (Å²) in [5.41, 5.74) is 2.83. The van der Waals surface area contributed by atoms with E-state index >= 15 is 0 Å². The maximum absolute atomic E-state index is 2.27. The summed E-state index contributed by atoms with van der Waals surface area (Å²) >= 11 is 7.61. The molecule has 2 aromatic carbocycles. The number of fused-ring (bicyclic) bond motifs is 2. The van der Waals surface area contributed by atoms with E-state index in [1.54, 1.807) is 0 Å². The van der Waals surface area contributed by atoms with E-state index in [1.165, 1.54) is 40.2 Å². The van der Waals surface area contributed by atoms with Gasteiger partial charge in [0, 0.05) is 9.81 Å². The third kappa shape index (κ3) is 1.82. The van der Waals surface area contributed by atoms with Gasteiger partial charge in [-0.15, -0.1) is 23.5 Å². The normalized spacial score (nSPS) is 17.1. The van der Waals surface area contributed by atoms with Gasteiger partial charge in [-0.1, -0.05) is 59.9 Å². The van der Waals surface area contributed by atoms with E-state index in [0.29, 0.717) is 0 Å². The van der Waals surface area contributed by atoms with Crippen molar-refractivity contribution in [2.24, 2.45) is 0 Å². The predicted octanol–water partition coefficient (Wildman–Crippen LogP) is 6.31. The lowest BCUT2D eigenvalue weighted by atomic mass is 10.0. The number of rotatable bonds is 2. The predicted molar refractivity (Wildman–Crippen MR) is 100 cm³/mol. The molecule has 2 aliphatic rings. The third-order valence-electron chi connectivity index (χ3n) is 3.53. The molecule has 100 valence electrons. The first-order chi connectivity index (χ1) is 9.83. The van der Waals surface area contributed by atoms with Crippen LogP contribution in [0.4, 0.5) is 0 Å². The van der Waals surface area contributed by atoms with Gasteiger partial charge in [-0.3, -0.25) is 0 Å². The van der Waals surface area contributed by atoms with Crippen molar-refractivity contribution >= 4 is 67.6 Å². The molecular weight excluding hydrogens is 320 g/mol. The molecule has 1 aliphatic carbocycles.